The summed E-state index contributed by atoms with van der Waals surface area (Å²) in [5.74, 6) is -0.468. The molecule has 0 aromatic heterocycles. The molecule has 4 N–H and O–H groups in total. The first-order valence-corrected chi connectivity index (χ1v) is 8.50. The van der Waals surface area contributed by atoms with Crippen LogP contribution in [-0.2, 0) is 4.79 Å². The van der Waals surface area contributed by atoms with E-state index in [9.17, 15) is 9.18 Å². The monoisotopic (exact) mass is 336 g/mol. The zero-order chi connectivity index (χ0) is 16.9. The van der Waals surface area contributed by atoms with Crippen LogP contribution in [0.4, 0.5) is 4.39 Å². The van der Waals surface area contributed by atoms with Gasteiger partial charge in [-0.15, -0.1) is 0 Å². The lowest BCUT2D eigenvalue weighted by Crippen LogP contribution is -2.37. The summed E-state index contributed by atoms with van der Waals surface area (Å²) in [7, 11) is 0. The highest BCUT2D eigenvalue weighted by Gasteiger charge is 2.31. The van der Waals surface area contributed by atoms with Gasteiger partial charge in [-0.2, -0.15) is 0 Å². The van der Waals surface area contributed by atoms with E-state index in [2.05, 4.69) is 21.1 Å². The van der Waals surface area contributed by atoms with Crippen LogP contribution in [0.1, 0.15) is 18.0 Å². The normalized spacial score (nSPS) is 28.6. The lowest BCUT2D eigenvalue weighted by molar-refractivity contribution is -0.138. The van der Waals surface area contributed by atoms with Gasteiger partial charge in [-0.3, -0.25) is 10.2 Å². The summed E-state index contributed by atoms with van der Waals surface area (Å²) >= 11 is 0. The Bertz CT molecular complexity index is 554. The average Bonchev–Trinajstić information content (AvgIpc) is 2.88. The van der Waals surface area contributed by atoms with Gasteiger partial charge in [-0.1, -0.05) is 12.1 Å². The van der Waals surface area contributed by atoms with Gasteiger partial charge in [-0.25, -0.2) is 9.82 Å². The lowest BCUT2D eigenvalue weighted by atomic mass is 9.94. The van der Waals surface area contributed by atoms with Crippen molar-refractivity contribution in [3.05, 3.63) is 35.6 Å². The molecule has 0 saturated carbocycles. The molecule has 3 atom stereocenters. The Kier molecular flexibility index (Phi) is 5.78. The number of hydrogen-bond acceptors (Lipinski definition) is 5. The third-order valence-electron chi connectivity index (χ3n) is 4.83. The van der Waals surface area contributed by atoms with Crippen LogP contribution >= 0.6 is 0 Å². The van der Waals surface area contributed by atoms with Gasteiger partial charge in [0.15, 0.2) is 0 Å². The van der Waals surface area contributed by atoms with Crippen LogP contribution in [0.15, 0.2) is 24.3 Å². The van der Waals surface area contributed by atoms with Gasteiger partial charge in [0.25, 0.3) is 0 Å². The van der Waals surface area contributed by atoms with Crippen LogP contribution in [0.25, 0.3) is 0 Å². The molecule has 3 unspecified atom stereocenters. The van der Waals surface area contributed by atoms with E-state index in [0.717, 1.165) is 44.8 Å². The first-order valence-electron chi connectivity index (χ1n) is 8.50. The molecule has 0 amide bonds. The fourth-order valence-electron chi connectivity index (χ4n) is 3.68. The standard InChI is InChI=1S/C17H25FN4O2/c18-15-3-1-13(2-4-15)17-14(9-20-21-17)11-22-6-5-19-8-12(10-22)7-16(23)24/h1-4,12,14,17,19-21H,5-11H2,(H,23,24). The summed E-state index contributed by atoms with van der Waals surface area (Å²) in [5, 5.41) is 12.4. The molecule has 1 aromatic carbocycles. The average molecular weight is 336 g/mol. The van der Waals surface area contributed by atoms with Crippen molar-refractivity contribution in [1.82, 2.24) is 21.1 Å². The Morgan fingerprint density at radius 3 is 2.83 bits per heavy atom. The number of carbonyl (C=O) groups is 1. The molecular formula is C17H25FN4O2. The van der Waals surface area contributed by atoms with Gasteiger partial charge in [0.05, 0.1) is 12.5 Å². The van der Waals surface area contributed by atoms with Crippen molar-refractivity contribution in [2.75, 3.05) is 39.3 Å². The molecule has 2 aliphatic heterocycles. The topological polar surface area (TPSA) is 76.6 Å². The third-order valence-corrected chi connectivity index (χ3v) is 4.83. The van der Waals surface area contributed by atoms with Gasteiger partial charge in [-0.05, 0) is 30.2 Å². The predicted molar refractivity (Wildman–Crippen MR) is 88.8 cm³/mol. The highest BCUT2D eigenvalue weighted by molar-refractivity contribution is 5.67. The number of carboxylic acid groups (broad SMARTS) is 1. The van der Waals surface area contributed by atoms with E-state index in [1.807, 2.05) is 12.1 Å². The van der Waals surface area contributed by atoms with Crippen molar-refractivity contribution in [2.45, 2.75) is 12.5 Å². The summed E-state index contributed by atoms with van der Waals surface area (Å²) in [5.41, 5.74) is 7.56. The van der Waals surface area contributed by atoms with Gasteiger partial charge in [0, 0.05) is 38.6 Å². The van der Waals surface area contributed by atoms with E-state index in [0.29, 0.717) is 5.92 Å². The Labute approximate surface area is 141 Å². The van der Waals surface area contributed by atoms with E-state index in [1.54, 1.807) is 0 Å². The zero-order valence-electron chi connectivity index (χ0n) is 13.7. The summed E-state index contributed by atoms with van der Waals surface area (Å²) < 4.78 is 13.1. The molecule has 2 heterocycles. The molecule has 7 heteroatoms. The smallest absolute Gasteiger partial charge is 0.303 e. The first kappa shape index (κ1) is 17.3. The number of nitrogens with one attached hydrogen (secondary N) is 3. The van der Waals surface area contributed by atoms with Gasteiger partial charge in [0.2, 0.25) is 0 Å². The predicted octanol–water partition coefficient (Wildman–Crippen LogP) is 0.587. The van der Waals surface area contributed by atoms with Crippen LogP contribution in [0.5, 0.6) is 0 Å². The Balaban J connectivity index is 1.62. The van der Waals surface area contributed by atoms with Crippen LogP contribution in [0.3, 0.4) is 0 Å². The number of benzene rings is 1. The molecule has 2 saturated heterocycles. The van der Waals surface area contributed by atoms with Crippen LogP contribution in [0, 0.1) is 17.7 Å². The number of carboxylic acids is 1. The van der Waals surface area contributed by atoms with E-state index in [-0.39, 0.29) is 24.2 Å². The fraction of sp³-hybridized carbons (Fsp3) is 0.588. The quantitative estimate of drug-likeness (QED) is 0.630. The van der Waals surface area contributed by atoms with E-state index < -0.39 is 5.97 Å². The summed E-state index contributed by atoms with van der Waals surface area (Å²) in [4.78, 5) is 13.3. The Morgan fingerprint density at radius 1 is 1.29 bits per heavy atom. The minimum absolute atomic E-state index is 0.136. The molecule has 2 fully saturated rings. The van der Waals surface area contributed by atoms with Crippen molar-refractivity contribution >= 4 is 5.97 Å². The molecule has 132 valence electrons. The lowest BCUT2D eigenvalue weighted by Gasteiger charge is -2.28. The van der Waals surface area contributed by atoms with Crippen LogP contribution < -0.4 is 16.2 Å². The maximum absolute atomic E-state index is 13.1. The third kappa shape index (κ3) is 4.51. The van der Waals surface area contributed by atoms with Crippen molar-refractivity contribution in [1.29, 1.82) is 0 Å². The summed E-state index contributed by atoms with van der Waals surface area (Å²) in [6.45, 7) is 5.08. The number of rotatable bonds is 5. The largest absolute Gasteiger partial charge is 0.481 e. The Hall–Kier alpha value is -1.54. The van der Waals surface area contributed by atoms with E-state index in [4.69, 9.17) is 5.11 Å². The molecule has 0 spiro atoms. The second kappa shape index (κ2) is 8.02. The van der Waals surface area contributed by atoms with E-state index >= 15 is 0 Å². The summed E-state index contributed by atoms with van der Waals surface area (Å²) in [6, 6.07) is 6.77. The molecule has 3 rings (SSSR count). The number of halogens is 1. The molecule has 2 aliphatic rings. The van der Waals surface area contributed by atoms with Crippen molar-refractivity contribution in [3.8, 4) is 0 Å². The minimum atomic E-state index is -0.739. The van der Waals surface area contributed by atoms with Crippen molar-refractivity contribution in [2.24, 2.45) is 11.8 Å². The highest BCUT2D eigenvalue weighted by atomic mass is 19.1. The SMILES string of the molecule is O=C(O)CC1CNCCN(CC2CNNC2c2ccc(F)cc2)C1. The molecule has 0 aliphatic carbocycles. The molecule has 6 nitrogen and oxygen atoms in total. The molecule has 0 bridgehead atoms. The van der Waals surface area contributed by atoms with Crippen LogP contribution in [0.2, 0.25) is 0 Å². The van der Waals surface area contributed by atoms with Crippen molar-refractivity contribution < 1.29 is 14.3 Å². The number of hydrogen-bond donors (Lipinski definition) is 4. The number of hydrazine groups is 1. The van der Waals surface area contributed by atoms with Crippen LogP contribution in [-0.4, -0.2) is 55.2 Å². The second-order valence-electron chi connectivity index (χ2n) is 6.74. The maximum Gasteiger partial charge on any atom is 0.303 e. The fourth-order valence-corrected chi connectivity index (χ4v) is 3.68. The van der Waals surface area contributed by atoms with Gasteiger partial charge < -0.3 is 15.3 Å². The van der Waals surface area contributed by atoms with Gasteiger partial charge in [0.1, 0.15) is 5.82 Å². The van der Waals surface area contributed by atoms with Gasteiger partial charge >= 0.3 is 5.97 Å². The Morgan fingerprint density at radius 2 is 2.08 bits per heavy atom. The first-order chi connectivity index (χ1) is 11.6. The minimum Gasteiger partial charge on any atom is -0.481 e. The molecule has 24 heavy (non-hydrogen) atoms. The number of aliphatic carboxylic acids is 1. The second-order valence-corrected chi connectivity index (χ2v) is 6.74. The molecule has 0 radical (unpaired) electrons. The maximum atomic E-state index is 13.1. The van der Waals surface area contributed by atoms with Crippen molar-refractivity contribution in [3.63, 3.8) is 0 Å². The van der Waals surface area contributed by atoms with E-state index in [1.165, 1.54) is 12.1 Å². The number of nitrogens with zero attached hydrogens (tertiary/aromatic N) is 1. The molecular weight excluding hydrogens is 311 g/mol. The summed E-state index contributed by atoms with van der Waals surface area (Å²) in [6.07, 6.45) is 0.200. The highest BCUT2D eigenvalue weighted by Crippen LogP contribution is 2.26. The molecule has 1 aromatic rings. The zero-order valence-corrected chi connectivity index (χ0v) is 13.7.